The molecule has 0 bridgehead atoms. The third-order valence-electron chi connectivity index (χ3n) is 11.8. The first-order valence-corrected chi connectivity index (χ1v) is 26.0. The van der Waals surface area contributed by atoms with Gasteiger partial charge in [-0.3, -0.25) is 9.59 Å². The number of ether oxygens (including phenoxy) is 3. The molecule has 62 heavy (non-hydrogen) atoms. The zero-order valence-electron chi connectivity index (χ0n) is 41.3. The van der Waals surface area contributed by atoms with Crippen molar-refractivity contribution in [3.05, 3.63) is 36.5 Å². The van der Waals surface area contributed by atoms with Crippen molar-refractivity contribution in [2.45, 2.75) is 251 Å². The summed E-state index contributed by atoms with van der Waals surface area (Å²) in [5, 5.41) is 11.7. The van der Waals surface area contributed by atoms with Gasteiger partial charge < -0.3 is 28.6 Å². The van der Waals surface area contributed by atoms with Crippen molar-refractivity contribution in [1.29, 1.82) is 0 Å². The third kappa shape index (κ3) is 42.8. The van der Waals surface area contributed by atoms with Gasteiger partial charge >= 0.3 is 11.9 Å². The summed E-state index contributed by atoms with van der Waals surface area (Å²) in [5.41, 5.74) is 0. The maximum absolute atomic E-state index is 12.8. The van der Waals surface area contributed by atoms with Gasteiger partial charge in [-0.25, -0.2) is 0 Å². The molecule has 0 spiro atoms. The molecule has 0 aliphatic rings. The summed E-state index contributed by atoms with van der Waals surface area (Å²) in [4.78, 5) is 37.0. The zero-order valence-corrected chi connectivity index (χ0v) is 41.3. The Labute approximate surface area is 383 Å². The Bertz CT molecular complexity index is 1110. The molecule has 0 saturated carbocycles. The Balaban J connectivity index is 4.20. The van der Waals surface area contributed by atoms with E-state index in [4.69, 9.17) is 14.2 Å². The molecule has 0 heterocycles. The second-order valence-corrected chi connectivity index (χ2v) is 18.7. The predicted molar refractivity (Wildman–Crippen MR) is 259 cm³/mol. The molecule has 0 N–H and O–H groups in total. The molecule has 0 fully saturated rings. The minimum atomic E-state index is -1.12. The van der Waals surface area contributed by atoms with Gasteiger partial charge in [0.25, 0.3) is 0 Å². The molecule has 0 amide bonds. The average molecular weight is 874 g/mol. The molecule has 0 radical (unpaired) electrons. The lowest BCUT2D eigenvalue weighted by molar-refractivity contribution is -0.889. The van der Waals surface area contributed by atoms with E-state index in [0.29, 0.717) is 12.8 Å². The molecule has 0 rings (SSSR count). The number of allylic oxidation sites excluding steroid dienone is 6. The summed E-state index contributed by atoms with van der Waals surface area (Å²) >= 11 is 0. The van der Waals surface area contributed by atoms with Crippen LogP contribution in [0.5, 0.6) is 0 Å². The van der Waals surface area contributed by atoms with E-state index in [0.717, 1.165) is 64.2 Å². The van der Waals surface area contributed by atoms with Crippen molar-refractivity contribution in [3.63, 3.8) is 0 Å². The van der Waals surface area contributed by atoms with Crippen molar-refractivity contribution in [2.75, 3.05) is 41.0 Å². The van der Waals surface area contributed by atoms with E-state index >= 15 is 0 Å². The lowest BCUT2D eigenvalue weighted by Gasteiger charge is -2.34. The van der Waals surface area contributed by atoms with Crippen LogP contribution in [-0.4, -0.2) is 75.5 Å². The fourth-order valence-electron chi connectivity index (χ4n) is 7.79. The monoisotopic (exact) mass is 874 g/mol. The average Bonchev–Trinajstić information content (AvgIpc) is 3.23. The molecule has 0 aromatic carbocycles. The van der Waals surface area contributed by atoms with Crippen LogP contribution in [0, 0.1) is 0 Å². The fraction of sp³-hybridized carbons (Fsp3) is 0.833. The second-order valence-electron chi connectivity index (χ2n) is 18.7. The SMILES string of the molecule is CC/C=C\C/C=C\C/C=C\CCCCCCCCCC(=O)OC(COCCC(C(=O)[O-])[N+](C)(C)C)COC(=O)CCCCCCCCCCCCCCCCCCCCCCC. The number of nitrogens with zero attached hydrogens (tertiary/aromatic N) is 1. The van der Waals surface area contributed by atoms with Crippen molar-refractivity contribution in [2.24, 2.45) is 0 Å². The number of unbranched alkanes of at least 4 members (excludes halogenated alkanes) is 27. The second kappa shape index (κ2) is 45.1. The van der Waals surface area contributed by atoms with Gasteiger partial charge in [0.15, 0.2) is 6.10 Å². The highest BCUT2D eigenvalue weighted by molar-refractivity contribution is 5.70. The predicted octanol–water partition coefficient (Wildman–Crippen LogP) is 13.6. The van der Waals surface area contributed by atoms with Gasteiger partial charge in [-0.1, -0.05) is 211 Å². The number of carbonyl (C=O) groups excluding carboxylic acids is 3. The molecule has 8 nitrogen and oxygen atoms in total. The largest absolute Gasteiger partial charge is 0.544 e. The molecular weight excluding hydrogens is 775 g/mol. The van der Waals surface area contributed by atoms with Gasteiger partial charge in [0, 0.05) is 19.3 Å². The standard InChI is InChI=1S/C54H99NO7/c1-6-8-10-12-14-16-18-20-22-24-25-26-27-29-30-32-34-36-38-40-42-44-52(56)61-49-50(48-60-47-46-51(54(58)59)55(3,4)5)62-53(57)45-43-41-39-37-35-33-31-28-23-21-19-17-15-13-11-9-7-2/h9,11,15,17,21,23,50-51H,6-8,10,12-14,16,18-20,22,24-49H2,1-5H3/b11-9-,17-15-,23-21-. The topological polar surface area (TPSA) is 102 Å². The van der Waals surface area contributed by atoms with Crippen LogP contribution >= 0.6 is 0 Å². The van der Waals surface area contributed by atoms with E-state index in [1.54, 1.807) is 21.1 Å². The van der Waals surface area contributed by atoms with Crippen LogP contribution in [0.25, 0.3) is 0 Å². The van der Waals surface area contributed by atoms with E-state index in [1.165, 1.54) is 141 Å². The van der Waals surface area contributed by atoms with Crippen LogP contribution in [-0.2, 0) is 28.6 Å². The van der Waals surface area contributed by atoms with Crippen molar-refractivity contribution >= 4 is 17.9 Å². The van der Waals surface area contributed by atoms with Crippen molar-refractivity contribution in [1.82, 2.24) is 0 Å². The number of esters is 2. The number of carbonyl (C=O) groups is 3. The molecule has 2 atom stereocenters. The zero-order chi connectivity index (χ0) is 45.6. The fourth-order valence-corrected chi connectivity index (χ4v) is 7.79. The molecule has 2 unspecified atom stereocenters. The molecule has 0 saturated heterocycles. The number of likely N-dealkylation sites (N-methyl/N-ethyl adjacent to an activating group) is 1. The summed E-state index contributed by atoms with van der Waals surface area (Å²) < 4.78 is 17.2. The maximum atomic E-state index is 12.8. The smallest absolute Gasteiger partial charge is 0.306 e. The van der Waals surface area contributed by atoms with E-state index in [1.807, 2.05) is 0 Å². The van der Waals surface area contributed by atoms with Crippen LogP contribution in [0.2, 0.25) is 0 Å². The number of aliphatic carboxylic acids is 1. The van der Waals surface area contributed by atoms with Crippen molar-refractivity contribution < 1.29 is 38.2 Å². The van der Waals surface area contributed by atoms with Crippen LogP contribution in [0.15, 0.2) is 36.5 Å². The summed E-state index contributed by atoms with van der Waals surface area (Å²) in [6, 6.07) is -0.727. The van der Waals surface area contributed by atoms with Crippen LogP contribution in [0.1, 0.15) is 239 Å². The van der Waals surface area contributed by atoms with E-state index in [9.17, 15) is 19.5 Å². The highest BCUT2D eigenvalue weighted by atomic mass is 16.6. The number of carboxylic acid groups (broad SMARTS) is 1. The first-order chi connectivity index (χ1) is 30.1. The normalized spacial score (nSPS) is 13.1. The van der Waals surface area contributed by atoms with Gasteiger partial charge in [-0.05, 0) is 44.9 Å². The molecule has 0 aromatic heterocycles. The summed E-state index contributed by atoms with van der Waals surface area (Å²) in [5.74, 6) is -1.73. The lowest BCUT2D eigenvalue weighted by Crippen LogP contribution is -2.55. The highest BCUT2D eigenvalue weighted by Crippen LogP contribution is 2.16. The Morgan fingerprint density at radius 1 is 0.500 bits per heavy atom. The summed E-state index contributed by atoms with van der Waals surface area (Å²) in [6.07, 6.45) is 53.2. The third-order valence-corrected chi connectivity index (χ3v) is 11.8. The highest BCUT2D eigenvalue weighted by Gasteiger charge is 2.25. The minimum Gasteiger partial charge on any atom is -0.544 e. The van der Waals surface area contributed by atoms with E-state index in [2.05, 4.69) is 50.3 Å². The molecular formula is C54H99NO7. The van der Waals surface area contributed by atoms with Gasteiger partial charge in [-0.2, -0.15) is 0 Å². The van der Waals surface area contributed by atoms with Crippen molar-refractivity contribution in [3.8, 4) is 0 Å². The van der Waals surface area contributed by atoms with Gasteiger partial charge in [0.1, 0.15) is 12.6 Å². The first-order valence-electron chi connectivity index (χ1n) is 26.0. The molecule has 362 valence electrons. The Morgan fingerprint density at radius 3 is 1.34 bits per heavy atom. The summed E-state index contributed by atoms with van der Waals surface area (Å²) in [6.45, 7) is 4.58. The van der Waals surface area contributed by atoms with Gasteiger partial charge in [0.2, 0.25) is 0 Å². The lowest BCUT2D eigenvalue weighted by atomic mass is 10.0. The first kappa shape index (κ1) is 59.5. The number of hydrogen-bond acceptors (Lipinski definition) is 7. The number of quaternary nitrogens is 1. The number of carboxylic acids is 1. The maximum Gasteiger partial charge on any atom is 0.306 e. The van der Waals surface area contributed by atoms with Gasteiger partial charge in [-0.15, -0.1) is 0 Å². The summed E-state index contributed by atoms with van der Waals surface area (Å²) in [7, 11) is 5.42. The quantitative estimate of drug-likeness (QED) is 0.0260. The molecule has 0 aliphatic carbocycles. The Kier molecular flexibility index (Phi) is 43.3. The Morgan fingerprint density at radius 2 is 0.903 bits per heavy atom. The van der Waals surface area contributed by atoms with Crippen LogP contribution in [0.3, 0.4) is 0 Å². The van der Waals surface area contributed by atoms with E-state index in [-0.39, 0.29) is 42.7 Å². The van der Waals surface area contributed by atoms with Crippen LogP contribution in [0.4, 0.5) is 0 Å². The van der Waals surface area contributed by atoms with Gasteiger partial charge in [0.05, 0.1) is 40.3 Å². The molecule has 0 aromatic rings. The molecule has 0 aliphatic heterocycles. The Hall–Kier alpha value is -2.45. The van der Waals surface area contributed by atoms with E-state index < -0.39 is 18.1 Å². The minimum absolute atomic E-state index is 0.0395. The number of hydrogen-bond donors (Lipinski definition) is 0. The van der Waals surface area contributed by atoms with Crippen LogP contribution < -0.4 is 5.11 Å². The molecule has 8 heteroatoms. The number of rotatable bonds is 47.